The Morgan fingerprint density at radius 3 is 1.84 bits per heavy atom. The molecule has 4 unspecified atom stereocenters. The van der Waals surface area contributed by atoms with Gasteiger partial charge in [-0.15, -0.1) is 0 Å². The minimum Gasteiger partial charge on any atom is -0.415 e. The summed E-state index contributed by atoms with van der Waals surface area (Å²) in [6.45, 7) is 18.6. The van der Waals surface area contributed by atoms with E-state index in [-0.39, 0.29) is 0 Å². The van der Waals surface area contributed by atoms with Crippen molar-refractivity contribution in [3.63, 3.8) is 0 Å². The van der Waals surface area contributed by atoms with E-state index < -0.39 is 8.32 Å². The Labute approximate surface area is 199 Å². The van der Waals surface area contributed by atoms with Crippen molar-refractivity contribution in [3.8, 4) is 0 Å². The second-order valence-electron chi connectivity index (χ2n) is 12.4. The lowest BCUT2D eigenvalue weighted by Gasteiger charge is -2.37. The van der Waals surface area contributed by atoms with E-state index in [9.17, 15) is 0 Å². The molecule has 4 atom stereocenters. The van der Waals surface area contributed by atoms with Crippen LogP contribution in [0.15, 0.2) is 9.98 Å². The smallest absolute Gasteiger partial charge is 0.184 e. The number of hydrogen-bond acceptors (Lipinski definition) is 4. The molecule has 0 aromatic carbocycles. The molecule has 2 saturated carbocycles. The van der Waals surface area contributed by atoms with Crippen LogP contribution < -0.4 is 5.32 Å². The first-order valence-corrected chi connectivity index (χ1v) is 16.9. The number of rotatable bonds is 6. The Bertz CT molecular complexity index is 650. The summed E-state index contributed by atoms with van der Waals surface area (Å²) >= 11 is 0. The van der Waals surface area contributed by atoms with Gasteiger partial charge in [0.2, 0.25) is 0 Å². The number of hydrogen-bond donors (Lipinski definition) is 1. The van der Waals surface area contributed by atoms with Gasteiger partial charge in [0.1, 0.15) is 0 Å². The molecule has 0 amide bonds. The maximum absolute atomic E-state index is 6.34. The summed E-state index contributed by atoms with van der Waals surface area (Å²) in [6.07, 6.45) is 11.5. The fourth-order valence-corrected chi connectivity index (χ4v) is 7.79. The van der Waals surface area contributed by atoms with E-state index >= 15 is 0 Å². The normalized spacial score (nSPS) is 40.4. The summed E-state index contributed by atoms with van der Waals surface area (Å²) < 4.78 is 6.34. The molecule has 1 heterocycles. The fraction of sp³-hybridized carbons (Fsp3) is 0.926. The lowest BCUT2D eigenvalue weighted by atomic mass is 9.74. The fourth-order valence-electron chi connectivity index (χ4n) is 6.55. The van der Waals surface area contributed by atoms with Crippen LogP contribution in [0.5, 0.6) is 0 Å². The first-order valence-electron chi connectivity index (χ1n) is 13.5. The van der Waals surface area contributed by atoms with Gasteiger partial charge in [-0.2, -0.15) is 0 Å². The maximum Gasteiger partial charge on any atom is 0.184 e. The van der Waals surface area contributed by atoms with Crippen molar-refractivity contribution in [1.29, 1.82) is 0 Å². The van der Waals surface area contributed by atoms with E-state index in [1.165, 1.54) is 69.2 Å². The van der Waals surface area contributed by atoms with Gasteiger partial charge in [0.15, 0.2) is 8.32 Å². The molecule has 0 radical (unpaired) electrons. The molecule has 5 heteroatoms. The van der Waals surface area contributed by atoms with Crippen LogP contribution in [-0.2, 0) is 4.43 Å². The van der Waals surface area contributed by atoms with Crippen LogP contribution in [0, 0.1) is 17.8 Å². The minimum absolute atomic E-state index is 0.413. The predicted octanol–water partition coefficient (Wildman–Crippen LogP) is 6.65. The van der Waals surface area contributed by atoms with Crippen molar-refractivity contribution in [3.05, 3.63) is 0 Å². The van der Waals surface area contributed by atoms with Crippen LogP contribution >= 0.6 is 0 Å². The molecule has 3 rings (SSSR count). The second kappa shape index (κ2) is 11.3. The average Bonchev–Trinajstić information content (AvgIpc) is 2.71. The summed E-state index contributed by atoms with van der Waals surface area (Å²) in [7, 11) is -1.43. The van der Waals surface area contributed by atoms with Gasteiger partial charge in [-0.3, -0.25) is 9.98 Å². The molecule has 1 aliphatic heterocycles. The monoisotopic (exact) mass is 461 g/mol. The largest absolute Gasteiger partial charge is 0.415 e. The van der Waals surface area contributed by atoms with Crippen LogP contribution in [0.3, 0.4) is 0 Å². The van der Waals surface area contributed by atoms with E-state index in [4.69, 9.17) is 14.4 Å². The molecule has 3 aliphatic rings. The van der Waals surface area contributed by atoms with Crippen LogP contribution in [-0.4, -0.2) is 50.0 Å². The van der Waals surface area contributed by atoms with Gasteiger partial charge in [0.25, 0.3) is 0 Å². The molecule has 184 valence electrons. The Morgan fingerprint density at radius 1 is 0.781 bits per heavy atom. The highest BCUT2D eigenvalue weighted by atomic mass is 28.4. The number of aliphatic imine (C=N–C) groups is 2. The highest BCUT2D eigenvalue weighted by Crippen LogP contribution is 2.35. The zero-order valence-electron chi connectivity index (χ0n) is 22.3. The summed E-state index contributed by atoms with van der Waals surface area (Å²) in [5.74, 6) is 2.25. The lowest BCUT2D eigenvalue weighted by Crippen LogP contribution is -2.50. The lowest BCUT2D eigenvalue weighted by molar-refractivity contribution is 0.140. The van der Waals surface area contributed by atoms with Crippen molar-refractivity contribution < 1.29 is 4.43 Å². The van der Waals surface area contributed by atoms with Crippen molar-refractivity contribution in [2.75, 3.05) is 0 Å². The van der Waals surface area contributed by atoms with Crippen LogP contribution in [0.2, 0.25) is 19.6 Å². The molecule has 1 saturated heterocycles. The zero-order chi connectivity index (χ0) is 23.5. The number of piperidine rings is 1. The van der Waals surface area contributed by atoms with Gasteiger partial charge >= 0.3 is 0 Å². The van der Waals surface area contributed by atoms with E-state index in [2.05, 4.69) is 59.6 Å². The van der Waals surface area contributed by atoms with Crippen LogP contribution in [0.1, 0.15) is 92.4 Å². The molecule has 3 fully saturated rings. The van der Waals surface area contributed by atoms with E-state index in [1.54, 1.807) is 0 Å². The van der Waals surface area contributed by atoms with Crippen LogP contribution in [0.25, 0.3) is 0 Å². The van der Waals surface area contributed by atoms with E-state index in [0.717, 1.165) is 5.92 Å². The summed E-state index contributed by atoms with van der Waals surface area (Å²) in [6, 6.07) is 1.81. The molecule has 4 nitrogen and oxygen atoms in total. The minimum atomic E-state index is -1.43. The molecule has 0 aromatic rings. The Kier molecular flexibility index (Phi) is 9.19. The first kappa shape index (κ1) is 26.1. The van der Waals surface area contributed by atoms with Crippen molar-refractivity contribution in [2.24, 2.45) is 27.7 Å². The van der Waals surface area contributed by atoms with Gasteiger partial charge in [-0.05, 0) is 109 Å². The summed E-state index contributed by atoms with van der Waals surface area (Å²) in [5, 5.41) is 3.93. The molecule has 32 heavy (non-hydrogen) atoms. The molecule has 0 aromatic heterocycles. The van der Waals surface area contributed by atoms with E-state index in [1.807, 2.05) is 0 Å². The first-order chi connectivity index (χ1) is 15.0. The third-order valence-electron chi connectivity index (χ3n) is 8.01. The van der Waals surface area contributed by atoms with Crippen molar-refractivity contribution >= 4 is 19.7 Å². The third kappa shape index (κ3) is 7.49. The molecular formula is C27H51N3OSi. The Hall–Kier alpha value is -0.523. The summed E-state index contributed by atoms with van der Waals surface area (Å²) in [5.41, 5.74) is 2.63. The van der Waals surface area contributed by atoms with Gasteiger partial charge in [0, 0.05) is 29.6 Å². The van der Waals surface area contributed by atoms with Gasteiger partial charge in [-0.1, -0.05) is 20.8 Å². The highest BCUT2D eigenvalue weighted by molar-refractivity contribution is 6.69. The second-order valence-corrected chi connectivity index (χ2v) is 16.9. The Balaban J connectivity index is 1.55. The van der Waals surface area contributed by atoms with Gasteiger partial charge in [0.05, 0.1) is 12.1 Å². The molecular weight excluding hydrogens is 410 g/mol. The standard InChI is InChI=1S/C27H51N3OSi/c1-18-16-19(2)27(20(3)17-18)29-22(5)26-11-9-10-25(30-26)21(4)28-23-12-14-24(15-13-23)31-32(6,7)8/h18-20,23-27,30H,9-17H2,1-8H3. The SMILES string of the molecule is CC(=NC1CCC(O[Si](C)(C)C)CC1)C1CCCC(C(C)=NC2C(C)CC(C)CC2C)N1. The summed E-state index contributed by atoms with van der Waals surface area (Å²) in [4.78, 5) is 10.5. The molecule has 2 aliphatic carbocycles. The molecule has 0 spiro atoms. The van der Waals surface area contributed by atoms with Crippen molar-refractivity contribution in [2.45, 2.75) is 142 Å². The van der Waals surface area contributed by atoms with Gasteiger partial charge < -0.3 is 9.74 Å². The van der Waals surface area contributed by atoms with E-state index in [0.29, 0.717) is 42.1 Å². The molecule has 0 bridgehead atoms. The van der Waals surface area contributed by atoms with Crippen molar-refractivity contribution in [1.82, 2.24) is 5.32 Å². The van der Waals surface area contributed by atoms with Gasteiger partial charge in [-0.25, -0.2) is 0 Å². The quantitative estimate of drug-likeness (QED) is 0.355. The average molecular weight is 462 g/mol. The Morgan fingerprint density at radius 2 is 1.31 bits per heavy atom. The zero-order valence-corrected chi connectivity index (χ0v) is 23.3. The number of nitrogens with one attached hydrogen (secondary N) is 1. The topological polar surface area (TPSA) is 46.0 Å². The highest BCUT2D eigenvalue weighted by Gasteiger charge is 2.33. The van der Waals surface area contributed by atoms with Crippen LogP contribution in [0.4, 0.5) is 0 Å². The number of nitrogens with zero attached hydrogens (tertiary/aromatic N) is 2. The molecule has 1 N–H and O–H groups in total. The maximum atomic E-state index is 6.34. The third-order valence-corrected chi connectivity index (χ3v) is 9.05. The predicted molar refractivity (Wildman–Crippen MR) is 142 cm³/mol.